The third-order valence-corrected chi connectivity index (χ3v) is 5.19. The zero-order valence-electron chi connectivity index (χ0n) is 12.3. The van der Waals surface area contributed by atoms with Crippen molar-refractivity contribution in [2.45, 2.75) is 72.3 Å². The van der Waals surface area contributed by atoms with Gasteiger partial charge in [0.05, 0.1) is 0 Å². The third kappa shape index (κ3) is 3.71. The lowest BCUT2D eigenvalue weighted by atomic mass is 9.70. The predicted molar refractivity (Wildman–Crippen MR) is 75.1 cm³/mol. The Morgan fingerprint density at radius 3 is 2.18 bits per heavy atom. The van der Waals surface area contributed by atoms with Crippen LogP contribution in [0.3, 0.4) is 0 Å². The molecule has 17 heavy (non-hydrogen) atoms. The van der Waals surface area contributed by atoms with Crippen molar-refractivity contribution in [1.82, 2.24) is 5.32 Å². The Kier molecular flexibility index (Phi) is 4.18. The SMILES string of the molecule is CCC1CC1NCC1CCC(C(C)(C)C)CC1. The molecule has 0 aliphatic heterocycles. The van der Waals surface area contributed by atoms with Gasteiger partial charge in [0.15, 0.2) is 0 Å². The van der Waals surface area contributed by atoms with E-state index in [1.54, 1.807) is 0 Å². The highest BCUT2D eigenvalue weighted by molar-refractivity contribution is 4.92. The minimum Gasteiger partial charge on any atom is -0.313 e. The normalized spacial score (nSPS) is 38.1. The summed E-state index contributed by atoms with van der Waals surface area (Å²) in [4.78, 5) is 0. The third-order valence-electron chi connectivity index (χ3n) is 5.19. The zero-order chi connectivity index (χ0) is 12.5. The maximum Gasteiger partial charge on any atom is 0.00991 e. The Labute approximate surface area is 108 Å². The van der Waals surface area contributed by atoms with Crippen LogP contribution < -0.4 is 5.32 Å². The van der Waals surface area contributed by atoms with Gasteiger partial charge in [-0.15, -0.1) is 0 Å². The molecule has 1 nitrogen and oxygen atoms in total. The minimum absolute atomic E-state index is 0.530. The Hall–Kier alpha value is -0.0400. The number of hydrogen-bond acceptors (Lipinski definition) is 1. The molecule has 1 heteroatoms. The Bertz CT molecular complexity index is 232. The molecule has 2 fully saturated rings. The highest BCUT2D eigenvalue weighted by atomic mass is 15.0. The summed E-state index contributed by atoms with van der Waals surface area (Å²) in [6, 6.07) is 0.875. The molecule has 0 aromatic rings. The monoisotopic (exact) mass is 237 g/mol. The second-order valence-electron chi connectivity index (χ2n) is 7.50. The van der Waals surface area contributed by atoms with Crippen LogP contribution in [-0.4, -0.2) is 12.6 Å². The van der Waals surface area contributed by atoms with Gasteiger partial charge in [-0.25, -0.2) is 0 Å². The highest BCUT2D eigenvalue weighted by Gasteiger charge is 2.35. The summed E-state index contributed by atoms with van der Waals surface area (Å²) < 4.78 is 0. The van der Waals surface area contributed by atoms with Gasteiger partial charge in [-0.1, -0.05) is 34.1 Å². The molecule has 0 aromatic carbocycles. The van der Waals surface area contributed by atoms with Gasteiger partial charge in [0.1, 0.15) is 0 Å². The van der Waals surface area contributed by atoms with Crippen LogP contribution in [0.2, 0.25) is 0 Å². The van der Waals surface area contributed by atoms with Crippen molar-refractivity contribution in [2.75, 3.05) is 6.54 Å². The van der Waals surface area contributed by atoms with Crippen LogP contribution in [0.5, 0.6) is 0 Å². The first-order chi connectivity index (χ1) is 8.00. The van der Waals surface area contributed by atoms with Crippen molar-refractivity contribution in [2.24, 2.45) is 23.2 Å². The van der Waals surface area contributed by atoms with Crippen molar-refractivity contribution >= 4 is 0 Å². The maximum absolute atomic E-state index is 3.78. The van der Waals surface area contributed by atoms with E-state index in [0.29, 0.717) is 5.41 Å². The zero-order valence-corrected chi connectivity index (χ0v) is 12.3. The second kappa shape index (κ2) is 5.30. The summed E-state index contributed by atoms with van der Waals surface area (Å²) in [5.41, 5.74) is 0.530. The molecule has 0 heterocycles. The summed E-state index contributed by atoms with van der Waals surface area (Å²) in [7, 11) is 0. The van der Waals surface area contributed by atoms with E-state index in [9.17, 15) is 0 Å². The van der Waals surface area contributed by atoms with Crippen LogP contribution in [-0.2, 0) is 0 Å². The summed E-state index contributed by atoms with van der Waals surface area (Å²) in [5, 5.41) is 3.78. The maximum atomic E-state index is 3.78. The molecule has 0 aromatic heterocycles. The molecule has 2 aliphatic rings. The average molecular weight is 237 g/mol. The first-order valence-electron chi connectivity index (χ1n) is 7.74. The fourth-order valence-corrected chi connectivity index (χ4v) is 3.50. The van der Waals surface area contributed by atoms with Crippen LogP contribution in [0.1, 0.15) is 66.2 Å². The van der Waals surface area contributed by atoms with Gasteiger partial charge in [-0.3, -0.25) is 0 Å². The highest BCUT2D eigenvalue weighted by Crippen LogP contribution is 2.40. The molecule has 2 rings (SSSR count). The van der Waals surface area contributed by atoms with E-state index in [4.69, 9.17) is 0 Å². The minimum atomic E-state index is 0.530. The average Bonchev–Trinajstić information content (AvgIpc) is 3.04. The van der Waals surface area contributed by atoms with Gasteiger partial charge in [-0.05, 0) is 61.8 Å². The topological polar surface area (TPSA) is 12.0 Å². The fraction of sp³-hybridized carbons (Fsp3) is 1.00. The van der Waals surface area contributed by atoms with Gasteiger partial charge in [0, 0.05) is 6.04 Å². The van der Waals surface area contributed by atoms with Crippen molar-refractivity contribution < 1.29 is 0 Å². The van der Waals surface area contributed by atoms with Gasteiger partial charge in [0.2, 0.25) is 0 Å². The van der Waals surface area contributed by atoms with Crippen molar-refractivity contribution in [3.63, 3.8) is 0 Å². The molecular formula is C16H31N. The van der Waals surface area contributed by atoms with E-state index in [1.165, 1.54) is 45.1 Å². The number of rotatable bonds is 4. The number of hydrogen-bond donors (Lipinski definition) is 1. The van der Waals surface area contributed by atoms with E-state index in [-0.39, 0.29) is 0 Å². The van der Waals surface area contributed by atoms with Crippen molar-refractivity contribution in [1.29, 1.82) is 0 Å². The van der Waals surface area contributed by atoms with E-state index in [1.807, 2.05) is 0 Å². The van der Waals surface area contributed by atoms with E-state index < -0.39 is 0 Å². The summed E-state index contributed by atoms with van der Waals surface area (Å²) in [6.07, 6.45) is 8.63. The van der Waals surface area contributed by atoms with E-state index in [2.05, 4.69) is 33.0 Å². The smallest absolute Gasteiger partial charge is 0.00991 e. The summed E-state index contributed by atoms with van der Waals surface area (Å²) in [5.74, 6) is 2.93. The Morgan fingerprint density at radius 1 is 1.06 bits per heavy atom. The van der Waals surface area contributed by atoms with Gasteiger partial charge in [-0.2, -0.15) is 0 Å². The first-order valence-corrected chi connectivity index (χ1v) is 7.74. The van der Waals surface area contributed by atoms with Gasteiger partial charge < -0.3 is 5.32 Å². The molecule has 2 aliphatic carbocycles. The second-order valence-corrected chi connectivity index (χ2v) is 7.50. The molecule has 0 amide bonds. The number of nitrogens with one attached hydrogen (secondary N) is 1. The van der Waals surface area contributed by atoms with Crippen LogP contribution in [0.15, 0.2) is 0 Å². The lowest BCUT2D eigenvalue weighted by molar-refractivity contribution is 0.148. The van der Waals surface area contributed by atoms with Crippen LogP contribution in [0.4, 0.5) is 0 Å². The molecular weight excluding hydrogens is 206 g/mol. The molecule has 2 unspecified atom stereocenters. The Balaban J connectivity index is 1.63. The molecule has 0 spiro atoms. The predicted octanol–water partition coefficient (Wildman–Crippen LogP) is 4.23. The molecule has 2 atom stereocenters. The summed E-state index contributed by atoms with van der Waals surface area (Å²) in [6.45, 7) is 10.8. The first kappa shape index (κ1) is 13.4. The quantitative estimate of drug-likeness (QED) is 0.771. The van der Waals surface area contributed by atoms with Crippen LogP contribution in [0, 0.1) is 23.2 Å². The van der Waals surface area contributed by atoms with Gasteiger partial charge >= 0.3 is 0 Å². The molecule has 1 N–H and O–H groups in total. The van der Waals surface area contributed by atoms with Crippen LogP contribution >= 0.6 is 0 Å². The molecule has 100 valence electrons. The lowest BCUT2D eigenvalue weighted by Crippen LogP contribution is -2.31. The van der Waals surface area contributed by atoms with E-state index >= 15 is 0 Å². The van der Waals surface area contributed by atoms with Gasteiger partial charge in [0.25, 0.3) is 0 Å². The lowest BCUT2D eigenvalue weighted by Gasteiger charge is -2.37. The molecule has 2 saturated carbocycles. The molecule has 0 radical (unpaired) electrons. The Morgan fingerprint density at radius 2 is 1.71 bits per heavy atom. The fourth-order valence-electron chi connectivity index (χ4n) is 3.50. The largest absolute Gasteiger partial charge is 0.313 e. The summed E-state index contributed by atoms with van der Waals surface area (Å²) >= 11 is 0. The van der Waals surface area contributed by atoms with Crippen LogP contribution in [0.25, 0.3) is 0 Å². The molecule has 0 saturated heterocycles. The van der Waals surface area contributed by atoms with Crippen molar-refractivity contribution in [3.8, 4) is 0 Å². The standard InChI is InChI=1S/C16H31N/c1-5-13-10-15(13)17-11-12-6-8-14(9-7-12)16(2,3)4/h12-15,17H,5-11H2,1-4H3. The van der Waals surface area contributed by atoms with Crippen molar-refractivity contribution in [3.05, 3.63) is 0 Å². The van der Waals surface area contributed by atoms with E-state index in [0.717, 1.165) is 23.8 Å². The molecule has 0 bridgehead atoms.